The van der Waals surface area contributed by atoms with Gasteiger partial charge >= 0.3 is 5.97 Å². The molecule has 0 spiro atoms. The van der Waals surface area contributed by atoms with Gasteiger partial charge in [0, 0.05) is 18.2 Å². The van der Waals surface area contributed by atoms with E-state index in [9.17, 15) is 19.7 Å². The van der Waals surface area contributed by atoms with Crippen molar-refractivity contribution in [3.8, 4) is 0 Å². The van der Waals surface area contributed by atoms with E-state index in [0.717, 1.165) is 6.07 Å². The number of rotatable bonds is 5. The highest BCUT2D eigenvalue weighted by molar-refractivity contribution is 6.32. The number of carbonyl (C=O) groups excluding carboxylic acids is 1. The summed E-state index contributed by atoms with van der Waals surface area (Å²) in [5.74, 6) is -1.59. The summed E-state index contributed by atoms with van der Waals surface area (Å²) in [6.07, 6.45) is 0. The standard InChI is InChI=1S/C15H11ClN2O5/c16-12-5-4-10(7-13(12)18(22)23)14(19)17-8-9-2-1-3-11(6-9)15(20)21/h1-7H,8H2,(H,17,19)(H,20,21). The Morgan fingerprint density at radius 3 is 2.57 bits per heavy atom. The minimum absolute atomic E-state index is 0.0549. The largest absolute Gasteiger partial charge is 0.478 e. The van der Waals surface area contributed by atoms with Crippen molar-refractivity contribution < 1.29 is 19.6 Å². The molecule has 0 aliphatic rings. The zero-order valence-electron chi connectivity index (χ0n) is 11.7. The number of carbonyl (C=O) groups is 2. The molecule has 0 fully saturated rings. The van der Waals surface area contributed by atoms with Gasteiger partial charge in [0.15, 0.2) is 0 Å². The molecule has 0 heterocycles. The summed E-state index contributed by atoms with van der Waals surface area (Å²) in [6.45, 7) is 0.0936. The molecule has 0 aliphatic carbocycles. The third-order valence-corrected chi connectivity index (χ3v) is 3.35. The van der Waals surface area contributed by atoms with Crippen LogP contribution in [-0.2, 0) is 6.54 Å². The number of nitrogens with zero attached hydrogens (tertiary/aromatic N) is 1. The van der Waals surface area contributed by atoms with Gasteiger partial charge in [-0.3, -0.25) is 14.9 Å². The maximum absolute atomic E-state index is 12.0. The van der Waals surface area contributed by atoms with E-state index in [2.05, 4.69) is 5.32 Å². The Labute approximate surface area is 135 Å². The molecule has 0 radical (unpaired) electrons. The molecule has 0 saturated carbocycles. The predicted molar refractivity (Wildman–Crippen MR) is 82.7 cm³/mol. The van der Waals surface area contributed by atoms with Crippen molar-refractivity contribution in [2.24, 2.45) is 0 Å². The molecule has 2 aromatic rings. The summed E-state index contributed by atoms with van der Waals surface area (Å²) in [7, 11) is 0. The highest BCUT2D eigenvalue weighted by Crippen LogP contribution is 2.25. The van der Waals surface area contributed by atoms with Gasteiger partial charge < -0.3 is 10.4 Å². The molecule has 23 heavy (non-hydrogen) atoms. The minimum atomic E-state index is -1.06. The number of nitrogens with one attached hydrogen (secondary N) is 1. The van der Waals surface area contributed by atoms with Crippen molar-refractivity contribution >= 4 is 29.2 Å². The first kappa shape index (κ1) is 16.4. The maximum atomic E-state index is 12.0. The van der Waals surface area contributed by atoms with Gasteiger partial charge in [-0.15, -0.1) is 0 Å². The topological polar surface area (TPSA) is 110 Å². The van der Waals surface area contributed by atoms with E-state index >= 15 is 0 Å². The monoisotopic (exact) mass is 334 g/mol. The van der Waals surface area contributed by atoms with E-state index < -0.39 is 16.8 Å². The molecule has 2 aromatic carbocycles. The third-order valence-electron chi connectivity index (χ3n) is 3.03. The predicted octanol–water partition coefficient (Wildman–Crippen LogP) is 2.88. The Morgan fingerprint density at radius 2 is 1.91 bits per heavy atom. The Balaban J connectivity index is 2.11. The second kappa shape index (κ2) is 6.89. The van der Waals surface area contributed by atoms with E-state index in [-0.39, 0.29) is 28.4 Å². The van der Waals surface area contributed by atoms with Crippen molar-refractivity contribution in [3.63, 3.8) is 0 Å². The highest BCUT2D eigenvalue weighted by Gasteiger charge is 2.16. The van der Waals surface area contributed by atoms with Gasteiger partial charge in [0.05, 0.1) is 10.5 Å². The Morgan fingerprint density at radius 1 is 1.17 bits per heavy atom. The van der Waals surface area contributed by atoms with Crippen LogP contribution < -0.4 is 5.32 Å². The van der Waals surface area contributed by atoms with Crippen LogP contribution in [0.3, 0.4) is 0 Å². The van der Waals surface area contributed by atoms with Gasteiger partial charge in [0.25, 0.3) is 11.6 Å². The van der Waals surface area contributed by atoms with Crippen LogP contribution >= 0.6 is 11.6 Å². The van der Waals surface area contributed by atoms with Crippen molar-refractivity contribution in [1.82, 2.24) is 5.32 Å². The van der Waals surface area contributed by atoms with Crippen molar-refractivity contribution in [1.29, 1.82) is 0 Å². The summed E-state index contributed by atoms with van der Waals surface area (Å²) in [6, 6.07) is 9.85. The first-order valence-corrected chi connectivity index (χ1v) is 6.80. The van der Waals surface area contributed by atoms with Crippen molar-refractivity contribution in [2.75, 3.05) is 0 Å². The lowest BCUT2D eigenvalue weighted by molar-refractivity contribution is -0.384. The number of aromatic carboxylic acids is 1. The van der Waals surface area contributed by atoms with Gasteiger partial charge in [-0.1, -0.05) is 23.7 Å². The number of carboxylic acid groups (broad SMARTS) is 1. The van der Waals surface area contributed by atoms with E-state index in [1.807, 2.05) is 0 Å². The quantitative estimate of drug-likeness (QED) is 0.645. The number of hydrogen-bond donors (Lipinski definition) is 2. The number of benzene rings is 2. The third kappa shape index (κ3) is 4.04. The van der Waals surface area contributed by atoms with Crippen LogP contribution in [-0.4, -0.2) is 21.9 Å². The SMILES string of the molecule is O=C(O)c1cccc(CNC(=O)c2ccc(Cl)c([N+](=O)[O-])c2)c1. The van der Waals surface area contributed by atoms with Crippen LogP contribution in [0.15, 0.2) is 42.5 Å². The Kier molecular flexibility index (Phi) is 4.92. The maximum Gasteiger partial charge on any atom is 0.335 e. The van der Waals surface area contributed by atoms with E-state index in [4.69, 9.17) is 16.7 Å². The summed E-state index contributed by atoms with van der Waals surface area (Å²) < 4.78 is 0. The van der Waals surface area contributed by atoms with Crippen molar-refractivity contribution in [2.45, 2.75) is 6.54 Å². The van der Waals surface area contributed by atoms with Gasteiger partial charge in [-0.05, 0) is 29.8 Å². The molecule has 0 atom stereocenters. The fraction of sp³-hybridized carbons (Fsp3) is 0.0667. The number of amides is 1. The number of halogens is 1. The van der Waals surface area contributed by atoms with Crippen LogP contribution in [0.25, 0.3) is 0 Å². The smallest absolute Gasteiger partial charge is 0.335 e. The van der Waals surface area contributed by atoms with Crippen molar-refractivity contribution in [3.05, 3.63) is 74.3 Å². The average Bonchev–Trinajstić information content (AvgIpc) is 2.53. The molecule has 0 aliphatic heterocycles. The Bertz CT molecular complexity index is 791. The van der Waals surface area contributed by atoms with Crippen LogP contribution in [0.2, 0.25) is 5.02 Å². The molecule has 0 unspecified atom stereocenters. The summed E-state index contributed by atoms with van der Waals surface area (Å²) in [5.41, 5.74) is 0.447. The molecule has 1 amide bonds. The number of hydrogen-bond acceptors (Lipinski definition) is 4. The number of nitro groups is 1. The second-order valence-electron chi connectivity index (χ2n) is 4.61. The minimum Gasteiger partial charge on any atom is -0.478 e. The molecular formula is C15H11ClN2O5. The first-order chi connectivity index (χ1) is 10.9. The molecule has 0 aromatic heterocycles. The zero-order chi connectivity index (χ0) is 17.0. The number of carboxylic acids is 1. The normalized spacial score (nSPS) is 10.1. The van der Waals surface area contributed by atoms with Crippen LogP contribution in [0, 0.1) is 10.1 Å². The lowest BCUT2D eigenvalue weighted by atomic mass is 10.1. The van der Waals surface area contributed by atoms with E-state index in [1.165, 1.54) is 24.3 Å². The Hall–Kier alpha value is -2.93. The molecule has 0 bridgehead atoms. The lowest BCUT2D eigenvalue weighted by Crippen LogP contribution is -2.23. The van der Waals surface area contributed by atoms with Gasteiger partial charge in [0.2, 0.25) is 0 Å². The van der Waals surface area contributed by atoms with Crippen LogP contribution in [0.5, 0.6) is 0 Å². The lowest BCUT2D eigenvalue weighted by Gasteiger charge is -2.06. The van der Waals surface area contributed by atoms with Crippen LogP contribution in [0.4, 0.5) is 5.69 Å². The molecule has 2 N–H and O–H groups in total. The fourth-order valence-electron chi connectivity index (χ4n) is 1.89. The summed E-state index contributed by atoms with van der Waals surface area (Å²) in [5, 5.41) is 22.2. The highest BCUT2D eigenvalue weighted by atomic mass is 35.5. The average molecular weight is 335 g/mol. The van der Waals surface area contributed by atoms with Gasteiger partial charge in [0.1, 0.15) is 5.02 Å². The zero-order valence-corrected chi connectivity index (χ0v) is 12.4. The van der Waals surface area contributed by atoms with E-state index in [1.54, 1.807) is 12.1 Å². The number of nitro benzene ring substituents is 1. The molecule has 118 valence electrons. The molecule has 2 rings (SSSR count). The molecule has 8 heteroatoms. The van der Waals surface area contributed by atoms with E-state index in [0.29, 0.717) is 5.56 Å². The van der Waals surface area contributed by atoms with Gasteiger partial charge in [-0.2, -0.15) is 0 Å². The van der Waals surface area contributed by atoms with Gasteiger partial charge in [-0.25, -0.2) is 4.79 Å². The second-order valence-corrected chi connectivity index (χ2v) is 5.02. The molecule has 7 nitrogen and oxygen atoms in total. The first-order valence-electron chi connectivity index (χ1n) is 6.43. The van der Waals surface area contributed by atoms with Crippen LogP contribution in [0.1, 0.15) is 26.3 Å². The summed E-state index contributed by atoms with van der Waals surface area (Å²) in [4.78, 5) is 33.1. The summed E-state index contributed by atoms with van der Waals surface area (Å²) >= 11 is 5.69. The molecule has 0 saturated heterocycles. The molecular weight excluding hydrogens is 324 g/mol. The fourth-order valence-corrected chi connectivity index (χ4v) is 2.08.